The Balaban J connectivity index is 1.43. The quantitative estimate of drug-likeness (QED) is 0.724. The number of amides is 2. The first-order valence-electron chi connectivity index (χ1n) is 9.57. The summed E-state index contributed by atoms with van der Waals surface area (Å²) in [7, 11) is 0. The van der Waals surface area contributed by atoms with E-state index in [2.05, 4.69) is 15.3 Å². The van der Waals surface area contributed by atoms with Crippen LogP contribution >= 0.6 is 0 Å². The van der Waals surface area contributed by atoms with Crippen molar-refractivity contribution in [2.24, 2.45) is 5.92 Å². The number of para-hydroxylation sites is 2. The second-order valence-corrected chi connectivity index (χ2v) is 8.22. The van der Waals surface area contributed by atoms with Crippen LogP contribution in [0.15, 0.2) is 24.3 Å². The van der Waals surface area contributed by atoms with Crippen molar-refractivity contribution in [3.05, 3.63) is 30.1 Å². The molecule has 0 aliphatic carbocycles. The van der Waals surface area contributed by atoms with E-state index in [0.717, 1.165) is 16.9 Å². The van der Waals surface area contributed by atoms with Crippen LogP contribution < -0.4 is 5.32 Å². The molecule has 0 bridgehead atoms. The summed E-state index contributed by atoms with van der Waals surface area (Å²) in [4.78, 5) is 33.4. The molecule has 0 unspecified atom stereocenters. The third-order valence-electron chi connectivity index (χ3n) is 4.65. The Kier molecular flexibility index (Phi) is 5.88. The Morgan fingerprint density at radius 1 is 1.32 bits per heavy atom. The summed E-state index contributed by atoms with van der Waals surface area (Å²) < 4.78 is 5.33. The van der Waals surface area contributed by atoms with Crippen LogP contribution in [-0.2, 0) is 16.0 Å². The first-order valence-corrected chi connectivity index (χ1v) is 9.57. The van der Waals surface area contributed by atoms with Crippen molar-refractivity contribution in [2.75, 3.05) is 19.6 Å². The van der Waals surface area contributed by atoms with E-state index in [1.165, 1.54) is 4.90 Å². The molecule has 152 valence electrons. The van der Waals surface area contributed by atoms with Gasteiger partial charge in [-0.15, -0.1) is 0 Å². The number of aromatic nitrogens is 2. The average molecular weight is 388 g/mol. The van der Waals surface area contributed by atoms with Gasteiger partial charge >= 0.3 is 6.09 Å². The van der Waals surface area contributed by atoms with Crippen LogP contribution in [0.25, 0.3) is 11.0 Å². The number of ether oxygens (including phenoxy) is 1. The molecular formula is C20H28N4O4. The number of likely N-dealkylation sites (tertiary alicyclic amines) is 1. The van der Waals surface area contributed by atoms with Gasteiger partial charge in [-0.2, -0.15) is 0 Å². The number of aliphatic hydroxyl groups excluding tert-OH is 1. The number of hydrogen-bond acceptors (Lipinski definition) is 5. The molecular weight excluding hydrogens is 360 g/mol. The van der Waals surface area contributed by atoms with E-state index >= 15 is 0 Å². The fourth-order valence-corrected chi connectivity index (χ4v) is 3.22. The number of carbonyl (C=O) groups excluding carboxylic acids is 2. The number of nitrogens with one attached hydrogen (secondary N) is 2. The molecule has 8 heteroatoms. The molecule has 8 nitrogen and oxygen atoms in total. The van der Waals surface area contributed by atoms with Gasteiger partial charge in [0.15, 0.2) is 0 Å². The van der Waals surface area contributed by atoms with E-state index < -0.39 is 17.8 Å². The molecule has 2 amide bonds. The van der Waals surface area contributed by atoms with Gasteiger partial charge in [-0.3, -0.25) is 4.79 Å². The molecule has 3 rings (SSSR count). The highest BCUT2D eigenvalue weighted by Gasteiger charge is 2.36. The Morgan fingerprint density at radius 3 is 2.79 bits per heavy atom. The molecule has 2 aromatic rings. The highest BCUT2D eigenvalue weighted by molar-refractivity contribution is 5.77. The molecule has 1 aromatic carbocycles. The second kappa shape index (κ2) is 8.18. The summed E-state index contributed by atoms with van der Waals surface area (Å²) in [5.74, 6) is 0.458. The normalized spacial score (nSPS) is 19.8. The largest absolute Gasteiger partial charge is 0.444 e. The number of fused-ring (bicyclic) bond motifs is 1. The summed E-state index contributed by atoms with van der Waals surface area (Å²) in [6, 6.07) is 7.73. The van der Waals surface area contributed by atoms with Crippen LogP contribution in [0.4, 0.5) is 4.79 Å². The predicted molar refractivity (Wildman–Crippen MR) is 105 cm³/mol. The third kappa shape index (κ3) is 5.22. The Morgan fingerprint density at radius 2 is 2.07 bits per heavy atom. The SMILES string of the molecule is CC(C)(C)OC(=O)N1C[C@H](CNC(=O)CCc2nc3ccccc3[nH]2)[C@@H](O)C1. The molecule has 28 heavy (non-hydrogen) atoms. The number of aryl methyl sites for hydroxylation is 1. The summed E-state index contributed by atoms with van der Waals surface area (Å²) in [6.07, 6.45) is -0.302. The number of aromatic amines is 1. The fourth-order valence-electron chi connectivity index (χ4n) is 3.22. The molecule has 2 heterocycles. The van der Waals surface area contributed by atoms with E-state index in [9.17, 15) is 14.7 Å². The van der Waals surface area contributed by atoms with Crippen LogP contribution in [0.5, 0.6) is 0 Å². The van der Waals surface area contributed by atoms with Crippen LogP contribution in [0.1, 0.15) is 33.0 Å². The Hall–Kier alpha value is -2.61. The zero-order valence-corrected chi connectivity index (χ0v) is 16.6. The lowest BCUT2D eigenvalue weighted by Crippen LogP contribution is -2.36. The van der Waals surface area contributed by atoms with Crippen LogP contribution in [0.2, 0.25) is 0 Å². The minimum Gasteiger partial charge on any atom is -0.444 e. The van der Waals surface area contributed by atoms with Gasteiger partial charge in [0.05, 0.1) is 23.7 Å². The topological polar surface area (TPSA) is 108 Å². The molecule has 3 N–H and O–H groups in total. The molecule has 1 saturated heterocycles. The third-order valence-corrected chi connectivity index (χ3v) is 4.65. The Labute approximate surface area is 164 Å². The van der Waals surface area contributed by atoms with Crippen molar-refractivity contribution in [1.29, 1.82) is 0 Å². The number of aliphatic hydroxyl groups is 1. The summed E-state index contributed by atoms with van der Waals surface area (Å²) in [6.45, 7) is 6.30. The standard InChI is InChI=1S/C20H28N4O4/c1-20(2,3)28-19(27)24-11-13(16(25)12-24)10-21-18(26)9-8-17-22-14-6-4-5-7-15(14)23-17/h4-7,13,16,25H,8-12H2,1-3H3,(H,21,26)(H,22,23)/t13-,16-/m0/s1. The first kappa shape index (κ1) is 20.1. The van der Waals surface area contributed by atoms with Crippen molar-refractivity contribution in [1.82, 2.24) is 20.2 Å². The van der Waals surface area contributed by atoms with Gasteiger partial charge in [-0.25, -0.2) is 9.78 Å². The summed E-state index contributed by atoms with van der Waals surface area (Å²) in [5, 5.41) is 13.0. The van der Waals surface area contributed by atoms with Gasteiger partial charge < -0.3 is 25.0 Å². The molecule has 1 aromatic heterocycles. The second-order valence-electron chi connectivity index (χ2n) is 8.22. The molecule has 2 atom stereocenters. The zero-order valence-electron chi connectivity index (χ0n) is 16.6. The van der Waals surface area contributed by atoms with Gasteiger partial charge in [0.1, 0.15) is 11.4 Å². The number of H-pyrrole nitrogens is 1. The van der Waals surface area contributed by atoms with E-state index in [0.29, 0.717) is 25.9 Å². The number of carbonyl (C=O) groups is 2. The van der Waals surface area contributed by atoms with Crippen molar-refractivity contribution < 1.29 is 19.4 Å². The van der Waals surface area contributed by atoms with E-state index in [1.54, 1.807) is 20.8 Å². The van der Waals surface area contributed by atoms with Gasteiger partial charge in [0.25, 0.3) is 0 Å². The number of rotatable bonds is 5. The minimum atomic E-state index is -0.678. The fraction of sp³-hybridized carbons (Fsp3) is 0.550. The van der Waals surface area contributed by atoms with Crippen molar-refractivity contribution >= 4 is 23.0 Å². The molecule has 1 aliphatic heterocycles. The van der Waals surface area contributed by atoms with Crippen molar-refractivity contribution in [2.45, 2.75) is 45.3 Å². The zero-order chi connectivity index (χ0) is 20.3. The summed E-state index contributed by atoms with van der Waals surface area (Å²) >= 11 is 0. The predicted octanol–water partition coefficient (Wildman–Crippen LogP) is 1.84. The molecule has 1 fully saturated rings. The van der Waals surface area contributed by atoms with Crippen molar-refractivity contribution in [3.63, 3.8) is 0 Å². The lowest BCUT2D eigenvalue weighted by molar-refractivity contribution is -0.121. The van der Waals surface area contributed by atoms with Crippen LogP contribution in [0.3, 0.4) is 0 Å². The highest BCUT2D eigenvalue weighted by atomic mass is 16.6. The van der Waals surface area contributed by atoms with Crippen LogP contribution in [0, 0.1) is 5.92 Å². The van der Waals surface area contributed by atoms with Crippen LogP contribution in [-0.4, -0.2) is 63.3 Å². The van der Waals surface area contributed by atoms with Gasteiger partial charge in [0.2, 0.25) is 5.91 Å². The maximum absolute atomic E-state index is 12.2. The first-order chi connectivity index (χ1) is 13.2. The lowest BCUT2D eigenvalue weighted by atomic mass is 10.1. The highest BCUT2D eigenvalue weighted by Crippen LogP contribution is 2.19. The maximum Gasteiger partial charge on any atom is 0.410 e. The molecule has 0 radical (unpaired) electrons. The lowest BCUT2D eigenvalue weighted by Gasteiger charge is -2.24. The average Bonchev–Trinajstić information content (AvgIpc) is 3.19. The van der Waals surface area contributed by atoms with E-state index in [-0.39, 0.29) is 18.4 Å². The minimum absolute atomic E-state index is 0.108. The number of β-amino-alcohol motifs (C(OH)–C–C–N with tert-alkyl or cyclic N) is 1. The molecule has 0 spiro atoms. The van der Waals surface area contributed by atoms with Crippen molar-refractivity contribution in [3.8, 4) is 0 Å². The Bertz CT molecular complexity index is 809. The van der Waals surface area contributed by atoms with Gasteiger partial charge in [0, 0.05) is 31.8 Å². The smallest absolute Gasteiger partial charge is 0.410 e. The number of hydrogen-bond donors (Lipinski definition) is 3. The summed E-state index contributed by atoms with van der Waals surface area (Å²) in [5.41, 5.74) is 1.26. The monoisotopic (exact) mass is 388 g/mol. The van der Waals surface area contributed by atoms with E-state index in [1.807, 2.05) is 24.3 Å². The van der Waals surface area contributed by atoms with Gasteiger partial charge in [-0.05, 0) is 32.9 Å². The molecule has 0 saturated carbocycles. The maximum atomic E-state index is 12.2. The van der Waals surface area contributed by atoms with E-state index in [4.69, 9.17) is 4.74 Å². The molecule has 1 aliphatic rings. The number of imidazole rings is 1. The number of benzene rings is 1. The van der Waals surface area contributed by atoms with Gasteiger partial charge in [-0.1, -0.05) is 12.1 Å². The number of nitrogens with zero attached hydrogens (tertiary/aromatic N) is 2.